The third-order valence-corrected chi connectivity index (χ3v) is 4.10. The predicted octanol–water partition coefficient (Wildman–Crippen LogP) is 2.60. The van der Waals surface area contributed by atoms with Crippen LogP contribution in [0.3, 0.4) is 0 Å². The lowest BCUT2D eigenvalue weighted by molar-refractivity contribution is 0.138. The Morgan fingerprint density at radius 2 is 1.82 bits per heavy atom. The van der Waals surface area contributed by atoms with Crippen LogP contribution in [-0.4, -0.2) is 55.1 Å². The highest BCUT2D eigenvalue weighted by Crippen LogP contribution is 2.07. The molecule has 1 saturated heterocycles. The molecule has 0 aliphatic carbocycles. The van der Waals surface area contributed by atoms with Gasteiger partial charge in [0.2, 0.25) is 0 Å². The monoisotopic (exact) mass is 303 g/mol. The number of hydrogen-bond acceptors (Lipinski definition) is 2. The molecule has 0 unspecified atom stereocenters. The van der Waals surface area contributed by atoms with E-state index < -0.39 is 0 Å². The number of carbonyl (C=O) groups is 1. The fourth-order valence-electron chi connectivity index (χ4n) is 2.73. The van der Waals surface area contributed by atoms with Crippen molar-refractivity contribution in [2.75, 3.05) is 39.3 Å². The van der Waals surface area contributed by atoms with Crippen molar-refractivity contribution in [1.82, 2.24) is 15.1 Å². The molecule has 122 valence electrons. The molecule has 1 aliphatic heterocycles. The van der Waals surface area contributed by atoms with Crippen molar-refractivity contribution in [3.63, 3.8) is 0 Å². The summed E-state index contributed by atoms with van der Waals surface area (Å²) in [5, 5.41) is 3.00. The highest BCUT2D eigenvalue weighted by Gasteiger charge is 2.20. The largest absolute Gasteiger partial charge is 0.338 e. The quantitative estimate of drug-likeness (QED) is 0.877. The van der Waals surface area contributed by atoms with Crippen molar-refractivity contribution in [1.29, 1.82) is 0 Å². The number of piperazine rings is 1. The number of rotatable bonds is 6. The van der Waals surface area contributed by atoms with Crippen molar-refractivity contribution < 1.29 is 4.79 Å². The van der Waals surface area contributed by atoms with Gasteiger partial charge in [-0.25, -0.2) is 4.79 Å². The Labute approximate surface area is 134 Å². The minimum atomic E-state index is 0.0950. The molecule has 0 spiro atoms. The highest BCUT2D eigenvalue weighted by atomic mass is 16.2. The van der Waals surface area contributed by atoms with Crippen LogP contribution in [0, 0.1) is 5.92 Å². The van der Waals surface area contributed by atoms with E-state index in [4.69, 9.17) is 0 Å². The molecule has 0 saturated carbocycles. The van der Waals surface area contributed by atoms with E-state index in [2.05, 4.69) is 54.4 Å². The fraction of sp³-hybridized carbons (Fsp3) is 0.611. The Morgan fingerprint density at radius 1 is 1.14 bits per heavy atom. The second-order valence-corrected chi connectivity index (χ2v) is 6.50. The molecule has 0 atom stereocenters. The molecular formula is C18H29N3O. The van der Waals surface area contributed by atoms with Gasteiger partial charge in [0.1, 0.15) is 0 Å². The summed E-state index contributed by atoms with van der Waals surface area (Å²) in [6.07, 6.45) is 2.32. The zero-order chi connectivity index (χ0) is 15.8. The SMILES string of the molecule is CC(C)CNC(=O)N1CCN(CCCc2ccccc2)CC1. The number of nitrogens with one attached hydrogen (secondary N) is 1. The van der Waals surface area contributed by atoms with E-state index in [1.54, 1.807) is 0 Å². The second-order valence-electron chi connectivity index (χ2n) is 6.50. The number of aryl methyl sites for hydroxylation is 1. The Balaban J connectivity index is 1.61. The average molecular weight is 303 g/mol. The van der Waals surface area contributed by atoms with Crippen LogP contribution in [0.25, 0.3) is 0 Å². The Kier molecular flexibility index (Phi) is 6.72. The zero-order valence-electron chi connectivity index (χ0n) is 13.9. The van der Waals surface area contributed by atoms with E-state index in [1.165, 1.54) is 12.0 Å². The lowest BCUT2D eigenvalue weighted by Crippen LogP contribution is -2.52. The van der Waals surface area contributed by atoms with E-state index in [0.717, 1.165) is 45.7 Å². The molecule has 2 rings (SSSR count). The molecule has 0 bridgehead atoms. The van der Waals surface area contributed by atoms with Crippen molar-refractivity contribution in [2.45, 2.75) is 26.7 Å². The maximum Gasteiger partial charge on any atom is 0.317 e. The van der Waals surface area contributed by atoms with Crippen LogP contribution in [0.4, 0.5) is 4.79 Å². The molecule has 4 nitrogen and oxygen atoms in total. The summed E-state index contributed by atoms with van der Waals surface area (Å²) in [6.45, 7) is 9.78. The van der Waals surface area contributed by atoms with E-state index in [9.17, 15) is 4.79 Å². The van der Waals surface area contributed by atoms with E-state index >= 15 is 0 Å². The van der Waals surface area contributed by atoms with Crippen LogP contribution in [0.15, 0.2) is 30.3 Å². The van der Waals surface area contributed by atoms with Gasteiger partial charge in [-0.2, -0.15) is 0 Å². The zero-order valence-corrected chi connectivity index (χ0v) is 13.9. The number of amides is 2. The van der Waals surface area contributed by atoms with Crippen molar-refractivity contribution in [3.8, 4) is 0 Å². The molecule has 1 N–H and O–H groups in total. The van der Waals surface area contributed by atoms with Gasteiger partial charge in [0, 0.05) is 32.7 Å². The van der Waals surface area contributed by atoms with E-state index in [1.807, 2.05) is 4.90 Å². The molecule has 1 aromatic carbocycles. The molecule has 1 aliphatic rings. The topological polar surface area (TPSA) is 35.6 Å². The average Bonchev–Trinajstić information content (AvgIpc) is 2.54. The summed E-state index contributed by atoms with van der Waals surface area (Å²) < 4.78 is 0. The first-order valence-electron chi connectivity index (χ1n) is 8.44. The normalized spacial score (nSPS) is 16.0. The van der Waals surface area contributed by atoms with Gasteiger partial charge >= 0.3 is 6.03 Å². The summed E-state index contributed by atoms with van der Waals surface area (Å²) in [7, 11) is 0. The van der Waals surface area contributed by atoms with Gasteiger partial charge in [-0.3, -0.25) is 4.90 Å². The van der Waals surface area contributed by atoms with Crippen LogP contribution >= 0.6 is 0 Å². The number of benzene rings is 1. The van der Waals surface area contributed by atoms with Gasteiger partial charge in [-0.1, -0.05) is 44.2 Å². The number of urea groups is 1. The van der Waals surface area contributed by atoms with Crippen molar-refractivity contribution in [3.05, 3.63) is 35.9 Å². The number of hydrogen-bond donors (Lipinski definition) is 1. The van der Waals surface area contributed by atoms with Gasteiger partial charge < -0.3 is 10.2 Å². The standard InChI is InChI=1S/C18H29N3O/c1-16(2)15-19-18(22)21-13-11-20(12-14-21)10-6-9-17-7-4-3-5-8-17/h3-5,7-8,16H,6,9-15H2,1-2H3,(H,19,22). The van der Waals surface area contributed by atoms with Gasteiger partial charge in [0.25, 0.3) is 0 Å². The van der Waals surface area contributed by atoms with Gasteiger partial charge in [-0.05, 0) is 30.9 Å². The first-order chi connectivity index (χ1) is 10.6. The minimum Gasteiger partial charge on any atom is -0.338 e. The number of nitrogens with zero attached hydrogens (tertiary/aromatic N) is 2. The van der Waals surface area contributed by atoms with Crippen LogP contribution in [-0.2, 0) is 6.42 Å². The van der Waals surface area contributed by atoms with E-state index in [-0.39, 0.29) is 6.03 Å². The Hall–Kier alpha value is -1.55. The lowest BCUT2D eigenvalue weighted by atomic mass is 10.1. The summed E-state index contributed by atoms with van der Waals surface area (Å²) in [6, 6.07) is 10.7. The smallest absolute Gasteiger partial charge is 0.317 e. The summed E-state index contributed by atoms with van der Waals surface area (Å²) in [5.41, 5.74) is 1.41. The molecular weight excluding hydrogens is 274 g/mol. The molecule has 1 aromatic rings. The second kappa shape index (κ2) is 8.79. The summed E-state index contributed by atoms with van der Waals surface area (Å²) >= 11 is 0. The molecule has 1 heterocycles. The van der Waals surface area contributed by atoms with Gasteiger partial charge in [-0.15, -0.1) is 0 Å². The maximum absolute atomic E-state index is 12.0. The molecule has 0 aromatic heterocycles. The Morgan fingerprint density at radius 3 is 2.45 bits per heavy atom. The lowest BCUT2D eigenvalue weighted by Gasteiger charge is -2.34. The van der Waals surface area contributed by atoms with Crippen molar-refractivity contribution >= 4 is 6.03 Å². The van der Waals surface area contributed by atoms with Crippen LogP contribution in [0.1, 0.15) is 25.8 Å². The van der Waals surface area contributed by atoms with Gasteiger partial charge in [0.15, 0.2) is 0 Å². The van der Waals surface area contributed by atoms with Crippen LogP contribution < -0.4 is 5.32 Å². The Bertz CT molecular complexity index is 439. The third kappa shape index (κ3) is 5.68. The first-order valence-corrected chi connectivity index (χ1v) is 8.44. The minimum absolute atomic E-state index is 0.0950. The molecule has 1 fully saturated rings. The summed E-state index contributed by atoms with van der Waals surface area (Å²) in [5.74, 6) is 0.503. The molecule has 22 heavy (non-hydrogen) atoms. The van der Waals surface area contributed by atoms with E-state index in [0.29, 0.717) is 5.92 Å². The molecule has 0 radical (unpaired) electrons. The number of carbonyl (C=O) groups excluding carboxylic acids is 1. The predicted molar refractivity (Wildman–Crippen MR) is 91.0 cm³/mol. The van der Waals surface area contributed by atoms with Crippen LogP contribution in [0.5, 0.6) is 0 Å². The highest BCUT2D eigenvalue weighted by molar-refractivity contribution is 5.74. The fourth-order valence-corrected chi connectivity index (χ4v) is 2.73. The van der Waals surface area contributed by atoms with Crippen molar-refractivity contribution in [2.24, 2.45) is 5.92 Å². The maximum atomic E-state index is 12.0. The van der Waals surface area contributed by atoms with Gasteiger partial charge in [0.05, 0.1) is 0 Å². The molecule has 4 heteroatoms. The van der Waals surface area contributed by atoms with Crippen LogP contribution in [0.2, 0.25) is 0 Å². The summed E-state index contributed by atoms with van der Waals surface area (Å²) in [4.78, 5) is 16.4. The first kappa shape index (κ1) is 16.8. The molecule has 2 amide bonds. The third-order valence-electron chi connectivity index (χ3n) is 4.10.